The lowest BCUT2D eigenvalue weighted by Crippen LogP contribution is -2.26. The van der Waals surface area contributed by atoms with Crippen LogP contribution in [0.25, 0.3) is 118 Å². The van der Waals surface area contributed by atoms with Crippen LogP contribution in [-0.4, -0.2) is 15.0 Å². The lowest BCUT2D eigenvalue weighted by molar-refractivity contribution is 0.798. The van der Waals surface area contributed by atoms with Crippen LogP contribution in [0.5, 0.6) is 0 Å². The quantitative estimate of drug-likeness (QED) is 0.173. The van der Waals surface area contributed by atoms with Crippen molar-refractivity contribution in [2.45, 2.75) is 5.41 Å². The van der Waals surface area contributed by atoms with E-state index in [1.807, 2.05) is 11.3 Å². The number of rotatable bonds is 5. The molecule has 0 N–H and O–H groups in total. The van der Waals surface area contributed by atoms with Crippen molar-refractivity contribution in [1.29, 1.82) is 0 Å². The van der Waals surface area contributed by atoms with Crippen molar-refractivity contribution in [3.8, 4) is 77.3 Å². The minimum atomic E-state index is -0.605. The van der Waals surface area contributed by atoms with E-state index >= 15 is 0 Å². The highest BCUT2D eigenvalue weighted by atomic mass is 32.1. The molecule has 0 bridgehead atoms. The average Bonchev–Trinajstić information content (AvgIpc) is 4.22. The van der Waals surface area contributed by atoms with Crippen molar-refractivity contribution in [3.05, 3.63) is 235 Å². The fourth-order valence-corrected chi connectivity index (χ4v) is 15.3. The zero-order valence-electron chi connectivity index (χ0n) is 36.3. The van der Waals surface area contributed by atoms with Gasteiger partial charge in [0.1, 0.15) is 0 Å². The molecule has 2 aliphatic rings. The molecule has 0 radical (unpaired) electrons. The van der Waals surface area contributed by atoms with Gasteiger partial charge in [-0.25, -0.2) is 15.0 Å². The number of benzene rings is 9. The zero-order chi connectivity index (χ0) is 44.5. The SMILES string of the molecule is c1ccc(-c2sc(-c3ccccc3)c3c2-c2ccccc2C32c3ccccc3-c3c(-c4nc(-c5cccc6c5sc5ccccc56)nc(-c5cccc6c5sc5ccccc56)n4)cccc32)cc1. The number of hydrogen-bond acceptors (Lipinski definition) is 6. The minimum Gasteiger partial charge on any atom is -0.208 e. The molecule has 4 aromatic heterocycles. The van der Waals surface area contributed by atoms with Crippen LogP contribution in [0.15, 0.2) is 212 Å². The number of hydrogen-bond donors (Lipinski definition) is 0. The molecule has 4 heterocycles. The molecule has 13 aromatic rings. The summed E-state index contributed by atoms with van der Waals surface area (Å²) in [5.41, 5.74) is 15.0. The Kier molecular flexibility index (Phi) is 8.19. The van der Waals surface area contributed by atoms with Crippen LogP contribution in [0.4, 0.5) is 0 Å². The predicted molar refractivity (Wildman–Crippen MR) is 287 cm³/mol. The first kappa shape index (κ1) is 38.3. The lowest BCUT2D eigenvalue weighted by atomic mass is 9.70. The van der Waals surface area contributed by atoms with Gasteiger partial charge in [-0.2, -0.15) is 0 Å². The van der Waals surface area contributed by atoms with Gasteiger partial charge < -0.3 is 0 Å². The standard InChI is InChI=1S/C62H35N3S3/c1-3-18-36(19-4-1)55-53-43-25-8-12-32-48(43)62(54(53)56(68-55)37-20-5-2-6-21-37)47-31-11-7-24-42(47)52-44(28-17-33-49(52)62)59-63-60(45-29-15-26-40-38-22-9-13-34-50(38)66-57(40)45)65-61(64-59)46-30-16-27-41-39-23-10-14-35-51(39)67-58(41)46/h1-35H. The van der Waals surface area contributed by atoms with Crippen molar-refractivity contribution >= 4 is 74.4 Å². The molecule has 1 unspecified atom stereocenters. The highest BCUT2D eigenvalue weighted by Gasteiger charge is 2.55. The fourth-order valence-electron chi connectivity index (χ4n) is 11.5. The molecule has 3 nitrogen and oxygen atoms in total. The first-order valence-corrected chi connectivity index (χ1v) is 25.4. The molecule has 0 fully saturated rings. The molecule has 0 aliphatic heterocycles. The third-order valence-corrected chi connectivity index (χ3v) is 17.9. The Morgan fingerprint density at radius 3 is 1.29 bits per heavy atom. The van der Waals surface area contributed by atoms with Gasteiger partial charge in [0.05, 0.1) is 5.41 Å². The molecule has 6 heteroatoms. The third-order valence-electron chi connectivity index (χ3n) is 14.2. The molecule has 15 rings (SSSR count). The maximum Gasteiger partial charge on any atom is 0.165 e. The lowest BCUT2D eigenvalue weighted by Gasteiger charge is -2.31. The van der Waals surface area contributed by atoms with Gasteiger partial charge in [0, 0.05) is 72.4 Å². The Morgan fingerprint density at radius 1 is 0.294 bits per heavy atom. The second-order valence-electron chi connectivity index (χ2n) is 17.7. The highest BCUT2D eigenvalue weighted by molar-refractivity contribution is 7.26. The van der Waals surface area contributed by atoms with Crippen molar-refractivity contribution in [3.63, 3.8) is 0 Å². The molecule has 68 heavy (non-hydrogen) atoms. The summed E-state index contributed by atoms with van der Waals surface area (Å²) >= 11 is 5.52. The van der Waals surface area contributed by atoms with Crippen molar-refractivity contribution in [1.82, 2.24) is 15.0 Å². The minimum absolute atomic E-state index is 0.605. The number of fused-ring (bicyclic) bond motifs is 16. The van der Waals surface area contributed by atoms with Crippen molar-refractivity contribution in [2.75, 3.05) is 0 Å². The molecule has 316 valence electrons. The van der Waals surface area contributed by atoms with E-state index < -0.39 is 5.41 Å². The normalized spacial score (nSPS) is 14.5. The van der Waals surface area contributed by atoms with Crippen molar-refractivity contribution in [2.24, 2.45) is 0 Å². The van der Waals surface area contributed by atoms with Crippen LogP contribution in [-0.2, 0) is 5.41 Å². The van der Waals surface area contributed by atoms with Crippen LogP contribution < -0.4 is 0 Å². The Hall–Kier alpha value is -7.87. The number of aromatic nitrogens is 3. The summed E-state index contributed by atoms with van der Waals surface area (Å²) in [7, 11) is 0. The molecule has 2 aliphatic carbocycles. The van der Waals surface area contributed by atoms with E-state index in [9.17, 15) is 0 Å². The Balaban J connectivity index is 1.04. The molecule has 0 saturated carbocycles. The van der Waals surface area contributed by atoms with E-state index in [0.717, 1.165) is 16.7 Å². The molecular formula is C62H35N3S3. The summed E-state index contributed by atoms with van der Waals surface area (Å²) in [4.78, 5) is 19.3. The average molecular weight is 918 g/mol. The van der Waals surface area contributed by atoms with Gasteiger partial charge in [0.2, 0.25) is 0 Å². The zero-order valence-corrected chi connectivity index (χ0v) is 38.7. The largest absolute Gasteiger partial charge is 0.208 e. The molecule has 1 atom stereocenters. The van der Waals surface area contributed by atoms with E-state index in [1.165, 1.54) is 106 Å². The first-order valence-electron chi connectivity index (χ1n) is 22.9. The van der Waals surface area contributed by atoms with E-state index in [0.29, 0.717) is 17.5 Å². The molecule has 1 spiro atoms. The smallest absolute Gasteiger partial charge is 0.165 e. The predicted octanol–water partition coefficient (Wildman–Crippen LogP) is 17.3. The van der Waals surface area contributed by atoms with Gasteiger partial charge in [0.15, 0.2) is 17.5 Å². The molecule has 9 aromatic carbocycles. The van der Waals surface area contributed by atoms with Gasteiger partial charge in [-0.05, 0) is 74.3 Å². The van der Waals surface area contributed by atoms with Gasteiger partial charge >= 0.3 is 0 Å². The maximum atomic E-state index is 5.60. The highest BCUT2D eigenvalue weighted by Crippen LogP contribution is 2.68. The summed E-state index contributed by atoms with van der Waals surface area (Å²) in [5, 5.41) is 4.92. The van der Waals surface area contributed by atoms with Gasteiger partial charge in [-0.1, -0.05) is 188 Å². The Morgan fingerprint density at radius 2 is 0.706 bits per heavy atom. The summed E-state index contributed by atoms with van der Waals surface area (Å²) in [6, 6.07) is 77.5. The number of thiophene rings is 3. The summed E-state index contributed by atoms with van der Waals surface area (Å²) in [5.74, 6) is 2.00. The topological polar surface area (TPSA) is 38.7 Å². The summed E-state index contributed by atoms with van der Waals surface area (Å²) < 4.78 is 4.85. The van der Waals surface area contributed by atoms with Crippen LogP contribution >= 0.6 is 34.0 Å². The second kappa shape index (κ2) is 14.6. The fraction of sp³-hybridized carbons (Fsp3) is 0.0161. The van der Waals surface area contributed by atoms with Gasteiger partial charge in [-0.3, -0.25) is 0 Å². The summed E-state index contributed by atoms with van der Waals surface area (Å²) in [6.07, 6.45) is 0. The molecular weight excluding hydrogens is 883 g/mol. The van der Waals surface area contributed by atoms with Crippen molar-refractivity contribution < 1.29 is 0 Å². The Bertz CT molecular complexity index is 4090. The maximum absolute atomic E-state index is 5.60. The van der Waals surface area contributed by atoms with E-state index in [-0.39, 0.29) is 0 Å². The van der Waals surface area contributed by atoms with Crippen LogP contribution in [0, 0.1) is 0 Å². The second-order valence-corrected chi connectivity index (χ2v) is 20.8. The van der Waals surface area contributed by atoms with E-state index in [4.69, 9.17) is 15.0 Å². The van der Waals surface area contributed by atoms with E-state index in [1.54, 1.807) is 22.7 Å². The monoisotopic (exact) mass is 917 g/mol. The number of nitrogens with zero attached hydrogens (tertiary/aromatic N) is 3. The van der Waals surface area contributed by atoms with Crippen LogP contribution in [0.2, 0.25) is 0 Å². The third kappa shape index (κ3) is 5.25. The Labute approximate surface area is 404 Å². The summed E-state index contributed by atoms with van der Waals surface area (Å²) in [6.45, 7) is 0. The first-order chi connectivity index (χ1) is 33.7. The van der Waals surface area contributed by atoms with E-state index in [2.05, 4.69) is 212 Å². The van der Waals surface area contributed by atoms with Crippen LogP contribution in [0.1, 0.15) is 22.3 Å². The molecule has 0 saturated heterocycles. The molecule has 0 amide bonds. The van der Waals surface area contributed by atoms with Crippen LogP contribution in [0.3, 0.4) is 0 Å². The van der Waals surface area contributed by atoms with Gasteiger partial charge in [0.25, 0.3) is 0 Å². The van der Waals surface area contributed by atoms with Gasteiger partial charge in [-0.15, -0.1) is 34.0 Å².